The molecule has 0 spiro atoms. The zero-order chi connectivity index (χ0) is 17.0. The minimum Gasteiger partial charge on any atom is -0.397 e. The molecular weight excluding hydrogens is 295 g/mol. The molecule has 0 saturated heterocycles. The normalized spacial score (nSPS) is 10.6. The summed E-state index contributed by atoms with van der Waals surface area (Å²) < 4.78 is 14.5. The molecule has 2 rings (SSSR count). The van der Waals surface area contributed by atoms with Crippen molar-refractivity contribution in [2.24, 2.45) is 5.92 Å². The van der Waals surface area contributed by atoms with Crippen LogP contribution in [0.5, 0.6) is 0 Å². The molecule has 0 aliphatic carbocycles. The fraction of sp³-hybridized carbons (Fsp3) is 0.294. The van der Waals surface area contributed by atoms with Crippen LogP contribution in [0.3, 0.4) is 0 Å². The Morgan fingerprint density at radius 3 is 2.61 bits per heavy atom. The first-order chi connectivity index (χ1) is 10.9. The summed E-state index contributed by atoms with van der Waals surface area (Å²) in [6.07, 6.45) is 0.678. The van der Waals surface area contributed by atoms with Crippen molar-refractivity contribution in [1.82, 2.24) is 4.57 Å². The maximum absolute atomic E-state index is 12.9. The molecule has 1 heterocycles. The summed E-state index contributed by atoms with van der Waals surface area (Å²) in [7, 11) is 0. The molecule has 23 heavy (non-hydrogen) atoms. The number of nitrogens with two attached hydrogens (primary N) is 1. The zero-order valence-corrected chi connectivity index (χ0v) is 13.1. The van der Waals surface area contributed by atoms with Crippen LogP contribution in [0.25, 0.3) is 0 Å². The van der Waals surface area contributed by atoms with Gasteiger partial charge >= 0.3 is 0 Å². The van der Waals surface area contributed by atoms with Crippen molar-refractivity contribution < 1.29 is 9.18 Å². The molecule has 0 saturated carbocycles. The molecule has 0 fully saturated rings. The summed E-state index contributed by atoms with van der Waals surface area (Å²) in [5.74, 6) is -0.321. The van der Waals surface area contributed by atoms with E-state index in [0.29, 0.717) is 29.4 Å². The maximum atomic E-state index is 12.9. The first-order valence-corrected chi connectivity index (χ1v) is 7.34. The molecule has 0 aliphatic rings. The number of nitrogens with one attached hydrogen (secondary N) is 1. The first kappa shape index (κ1) is 16.6. The molecule has 2 aromatic rings. The molecule has 0 radical (unpaired) electrons. The van der Waals surface area contributed by atoms with E-state index >= 15 is 0 Å². The van der Waals surface area contributed by atoms with Gasteiger partial charge in [-0.2, -0.15) is 5.26 Å². The van der Waals surface area contributed by atoms with Gasteiger partial charge in [0.05, 0.1) is 5.69 Å². The van der Waals surface area contributed by atoms with Crippen LogP contribution in [0.1, 0.15) is 25.2 Å². The molecule has 5 nitrogen and oxygen atoms in total. The summed E-state index contributed by atoms with van der Waals surface area (Å²) >= 11 is 0. The highest BCUT2D eigenvalue weighted by atomic mass is 19.1. The van der Waals surface area contributed by atoms with E-state index in [1.807, 2.05) is 13.8 Å². The number of anilines is 2. The highest BCUT2D eigenvalue weighted by molar-refractivity contribution is 5.90. The highest BCUT2D eigenvalue weighted by Gasteiger charge is 2.16. The van der Waals surface area contributed by atoms with Gasteiger partial charge in [0.1, 0.15) is 24.1 Å². The van der Waals surface area contributed by atoms with Gasteiger partial charge in [-0.15, -0.1) is 0 Å². The Hall–Kier alpha value is -2.81. The largest absolute Gasteiger partial charge is 0.397 e. The first-order valence-electron chi connectivity index (χ1n) is 7.34. The minimum absolute atomic E-state index is 0.0144. The van der Waals surface area contributed by atoms with Crippen molar-refractivity contribution in [2.75, 3.05) is 11.1 Å². The number of halogens is 1. The smallest absolute Gasteiger partial charge is 0.244 e. The number of nitriles is 1. The number of benzene rings is 1. The molecule has 0 unspecified atom stereocenters. The molecule has 0 aliphatic heterocycles. The zero-order valence-electron chi connectivity index (χ0n) is 13.1. The Balaban J connectivity index is 2.19. The van der Waals surface area contributed by atoms with E-state index in [9.17, 15) is 14.4 Å². The lowest BCUT2D eigenvalue weighted by Crippen LogP contribution is -2.21. The van der Waals surface area contributed by atoms with Gasteiger partial charge in [0.25, 0.3) is 0 Å². The third-order valence-corrected chi connectivity index (χ3v) is 3.39. The van der Waals surface area contributed by atoms with E-state index in [2.05, 4.69) is 11.4 Å². The van der Waals surface area contributed by atoms with Gasteiger partial charge in [-0.25, -0.2) is 4.39 Å². The number of hydrogen-bond acceptors (Lipinski definition) is 3. The summed E-state index contributed by atoms with van der Waals surface area (Å²) in [6, 6.07) is 9.16. The van der Waals surface area contributed by atoms with Crippen LogP contribution in [0.15, 0.2) is 30.3 Å². The number of carbonyl (C=O) groups excluding carboxylic acids is 1. The van der Waals surface area contributed by atoms with Gasteiger partial charge < -0.3 is 15.6 Å². The second kappa shape index (κ2) is 6.97. The number of nitrogen functional groups attached to an aromatic ring is 1. The van der Waals surface area contributed by atoms with Crippen LogP contribution in [0.4, 0.5) is 15.8 Å². The van der Waals surface area contributed by atoms with Crippen LogP contribution >= 0.6 is 0 Å². The van der Waals surface area contributed by atoms with E-state index in [-0.39, 0.29) is 18.3 Å². The third kappa shape index (κ3) is 4.10. The van der Waals surface area contributed by atoms with Crippen LogP contribution in [-0.2, 0) is 17.8 Å². The van der Waals surface area contributed by atoms with Crippen molar-refractivity contribution in [3.63, 3.8) is 0 Å². The van der Waals surface area contributed by atoms with Crippen molar-refractivity contribution >= 4 is 17.3 Å². The molecular formula is C17H19FN4O. The second-order valence-electron chi connectivity index (χ2n) is 5.78. The maximum Gasteiger partial charge on any atom is 0.244 e. The average Bonchev–Trinajstić information content (AvgIpc) is 2.77. The Bertz CT molecular complexity index is 741. The molecule has 120 valence electrons. The number of amides is 1. The van der Waals surface area contributed by atoms with Crippen molar-refractivity contribution in [1.29, 1.82) is 5.26 Å². The average molecular weight is 314 g/mol. The SMILES string of the molecule is CC(C)Cc1c(N)cc(C#N)n1CC(=O)Nc1ccc(F)cc1. The number of rotatable bonds is 5. The summed E-state index contributed by atoms with van der Waals surface area (Å²) in [4.78, 5) is 12.2. The van der Waals surface area contributed by atoms with E-state index in [0.717, 1.165) is 5.69 Å². The Morgan fingerprint density at radius 2 is 2.04 bits per heavy atom. The Labute approximate surface area is 134 Å². The standard InChI is InChI=1S/C17H19FN4O/c1-11(2)7-16-15(20)8-14(9-19)22(16)10-17(23)21-13-5-3-12(18)4-6-13/h3-6,8,11H,7,10,20H2,1-2H3,(H,21,23). The number of carbonyl (C=O) groups is 1. The van der Waals surface area contributed by atoms with Gasteiger partial charge in [0.15, 0.2) is 0 Å². The molecule has 3 N–H and O–H groups in total. The van der Waals surface area contributed by atoms with E-state index in [1.54, 1.807) is 10.6 Å². The van der Waals surface area contributed by atoms with E-state index < -0.39 is 0 Å². The van der Waals surface area contributed by atoms with E-state index in [4.69, 9.17) is 5.73 Å². The summed E-state index contributed by atoms with van der Waals surface area (Å²) in [5.41, 5.74) is 8.12. The number of aromatic nitrogens is 1. The predicted octanol–water partition coefficient (Wildman–Crippen LogP) is 2.92. The van der Waals surface area contributed by atoms with Gasteiger partial charge in [-0.3, -0.25) is 4.79 Å². The minimum atomic E-state index is -0.368. The van der Waals surface area contributed by atoms with Crippen LogP contribution < -0.4 is 11.1 Å². The lowest BCUT2D eigenvalue weighted by Gasteiger charge is -2.13. The van der Waals surface area contributed by atoms with Gasteiger partial charge in [0, 0.05) is 11.4 Å². The quantitative estimate of drug-likeness (QED) is 0.890. The monoisotopic (exact) mass is 314 g/mol. The van der Waals surface area contributed by atoms with E-state index in [1.165, 1.54) is 24.3 Å². The lowest BCUT2D eigenvalue weighted by molar-refractivity contribution is -0.116. The van der Waals surface area contributed by atoms with Crippen molar-refractivity contribution in [3.8, 4) is 6.07 Å². The molecule has 6 heteroatoms. The third-order valence-electron chi connectivity index (χ3n) is 3.39. The molecule has 1 aromatic carbocycles. The van der Waals surface area contributed by atoms with Gasteiger partial charge in [-0.05, 0) is 42.7 Å². The second-order valence-corrected chi connectivity index (χ2v) is 5.78. The molecule has 1 aromatic heterocycles. The molecule has 0 atom stereocenters. The van der Waals surface area contributed by atoms with Crippen LogP contribution in [0, 0.1) is 23.1 Å². The number of nitrogens with zero attached hydrogens (tertiary/aromatic N) is 2. The fourth-order valence-electron chi connectivity index (χ4n) is 2.38. The van der Waals surface area contributed by atoms with Crippen molar-refractivity contribution in [3.05, 3.63) is 47.5 Å². The van der Waals surface area contributed by atoms with Gasteiger partial charge in [0.2, 0.25) is 5.91 Å². The summed E-state index contributed by atoms with van der Waals surface area (Å²) in [5, 5.41) is 11.9. The van der Waals surface area contributed by atoms with Crippen LogP contribution in [-0.4, -0.2) is 10.5 Å². The molecule has 0 bridgehead atoms. The topological polar surface area (TPSA) is 83.8 Å². The Morgan fingerprint density at radius 1 is 1.39 bits per heavy atom. The fourth-order valence-corrected chi connectivity index (χ4v) is 2.38. The number of hydrogen-bond donors (Lipinski definition) is 2. The lowest BCUT2D eigenvalue weighted by atomic mass is 10.1. The highest BCUT2D eigenvalue weighted by Crippen LogP contribution is 2.22. The summed E-state index contributed by atoms with van der Waals surface area (Å²) in [6.45, 7) is 4.07. The molecule has 1 amide bonds. The van der Waals surface area contributed by atoms with Crippen LogP contribution in [0.2, 0.25) is 0 Å². The van der Waals surface area contributed by atoms with Gasteiger partial charge in [-0.1, -0.05) is 13.8 Å². The predicted molar refractivity (Wildman–Crippen MR) is 87.1 cm³/mol. The van der Waals surface area contributed by atoms with Crippen molar-refractivity contribution in [2.45, 2.75) is 26.8 Å². The Kier molecular flexibility index (Phi) is 5.02.